The summed E-state index contributed by atoms with van der Waals surface area (Å²) in [5, 5.41) is 13.4. The van der Waals surface area contributed by atoms with Gasteiger partial charge in [0.05, 0.1) is 6.07 Å². The van der Waals surface area contributed by atoms with Crippen LogP contribution in [0.4, 0.5) is 0 Å². The van der Waals surface area contributed by atoms with Crippen molar-refractivity contribution in [1.82, 2.24) is 0 Å². The lowest BCUT2D eigenvalue weighted by Crippen LogP contribution is -1.90. The van der Waals surface area contributed by atoms with Gasteiger partial charge in [-0.05, 0) is 0 Å². The third-order valence-electron chi connectivity index (χ3n) is 0.270. The van der Waals surface area contributed by atoms with E-state index >= 15 is 0 Å². The van der Waals surface area contributed by atoms with E-state index in [4.69, 9.17) is 22.3 Å². The Morgan fingerprint density at radius 2 is 2.50 bits per heavy atom. The molecule has 1 N–H and O–H groups in total. The number of hydrogen-bond donors (Lipinski definition) is 1. The minimum atomic E-state index is -0.745. The molecule has 0 heterocycles. The number of rotatable bonds is 1. The van der Waals surface area contributed by atoms with E-state index in [9.17, 15) is 0 Å². The molecule has 0 aliphatic carbocycles. The van der Waals surface area contributed by atoms with Crippen LogP contribution in [0.2, 0.25) is 0 Å². The zero-order valence-electron chi connectivity index (χ0n) is 2.98. The molecule has 0 saturated carbocycles. The molecule has 0 bridgehead atoms. The zero-order chi connectivity index (χ0) is 4.99. The van der Waals surface area contributed by atoms with Crippen molar-refractivity contribution in [3.8, 4) is 6.07 Å². The van der Waals surface area contributed by atoms with E-state index in [0.29, 0.717) is 0 Å². The predicted molar refractivity (Wildman–Crippen MR) is 24.0 cm³/mol. The first-order valence-electron chi connectivity index (χ1n) is 1.35. The summed E-state index contributed by atoms with van der Waals surface area (Å²) in [4.78, 5) is 0. The smallest absolute Gasteiger partial charge is 0.154 e. The van der Waals surface area contributed by atoms with Crippen LogP contribution in [-0.4, -0.2) is 11.6 Å². The van der Waals surface area contributed by atoms with Crippen molar-refractivity contribution >= 4 is 17.8 Å². The Balaban J connectivity index is 3.30. The molecular formula is C3H3ClN2. The van der Waals surface area contributed by atoms with Crippen molar-refractivity contribution in [2.45, 2.75) is 5.38 Å². The second-order valence-electron chi connectivity index (χ2n) is 0.698. The van der Waals surface area contributed by atoms with Crippen molar-refractivity contribution < 1.29 is 0 Å². The first-order chi connectivity index (χ1) is 2.81. The van der Waals surface area contributed by atoms with Crippen LogP contribution in [0, 0.1) is 16.7 Å². The lowest BCUT2D eigenvalue weighted by Gasteiger charge is -1.76. The van der Waals surface area contributed by atoms with Gasteiger partial charge in [0.25, 0.3) is 0 Å². The fraction of sp³-hybridized carbons (Fsp3) is 0.333. The number of nitrogens with zero attached hydrogens (tertiary/aromatic N) is 1. The molecule has 0 aliphatic rings. The first-order valence-corrected chi connectivity index (χ1v) is 1.79. The summed E-state index contributed by atoms with van der Waals surface area (Å²) < 4.78 is 0. The molecule has 6 heavy (non-hydrogen) atoms. The van der Waals surface area contributed by atoms with Crippen LogP contribution in [0.3, 0.4) is 0 Å². The maximum atomic E-state index is 7.80. The summed E-state index contributed by atoms with van der Waals surface area (Å²) in [6, 6.07) is 1.64. The third kappa shape index (κ3) is 1.74. The van der Waals surface area contributed by atoms with Crippen molar-refractivity contribution in [1.29, 1.82) is 10.7 Å². The number of nitrogens with one attached hydrogen (secondary N) is 1. The van der Waals surface area contributed by atoms with E-state index in [1.54, 1.807) is 6.07 Å². The Kier molecular flexibility index (Phi) is 2.43. The summed E-state index contributed by atoms with van der Waals surface area (Å²) in [7, 11) is 0. The molecule has 0 aromatic carbocycles. The molecule has 0 radical (unpaired) electrons. The maximum Gasteiger partial charge on any atom is 0.154 e. The van der Waals surface area contributed by atoms with Gasteiger partial charge in [-0.1, -0.05) is 0 Å². The highest BCUT2D eigenvalue weighted by molar-refractivity contribution is 6.29. The molecule has 0 amide bonds. The number of nitriles is 1. The SMILES string of the molecule is N#CC(Cl)C=N. The van der Waals surface area contributed by atoms with Crippen LogP contribution in [0.1, 0.15) is 0 Å². The second-order valence-corrected chi connectivity index (χ2v) is 1.17. The Hall–Kier alpha value is -0.550. The topological polar surface area (TPSA) is 47.6 Å². The Bertz CT molecular complexity index is 83.3. The van der Waals surface area contributed by atoms with E-state index in [2.05, 4.69) is 0 Å². The van der Waals surface area contributed by atoms with Crippen molar-refractivity contribution in [2.75, 3.05) is 0 Å². The summed E-state index contributed by atoms with van der Waals surface area (Å²) in [5.74, 6) is 0. The number of halogens is 1. The van der Waals surface area contributed by atoms with Gasteiger partial charge in [0.2, 0.25) is 0 Å². The van der Waals surface area contributed by atoms with Gasteiger partial charge in [-0.2, -0.15) is 5.26 Å². The molecule has 0 spiro atoms. The highest BCUT2D eigenvalue weighted by Crippen LogP contribution is 1.83. The van der Waals surface area contributed by atoms with Crippen LogP contribution < -0.4 is 0 Å². The molecular weight excluding hydrogens is 99.5 g/mol. The van der Waals surface area contributed by atoms with Crippen molar-refractivity contribution in [2.24, 2.45) is 0 Å². The van der Waals surface area contributed by atoms with Gasteiger partial charge in [0, 0.05) is 6.21 Å². The molecule has 0 aromatic heterocycles. The van der Waals surface area contributed by atoms with E-state index in [1.807, 2.05) is 0 Å². The van der Waals surface area contributed by atoms with Crippen LogP contribution >= 0.6 is 11.6 Å². The largest absolute Gasteiger partial charge is 0.310 e. The average molecular weight is 103 g/mol. The Morgan fingerprint density at radius 3 is 2.50 bits per heavy atom. The highest BCUT2D eigenvalue weighted by atomic mass is 35.5. The summed E-state index contributed by atoms with van der Waals surface area (Å²) in [6.45, 7) is 0. The van der Waals surface area contributed by atoms with Gasteiger partial charge < -0.3 is 5.41 Å². The summed E-state index contributed by atoms with van der Waals surface area (Å²) >= 11 is 5.05. The standard InChI is InChI=1S/C3H3ClN2/c4-3(1-5)2-6/h1,3,5H. The van der Waals surface area contributed by atoms with Gasteiger partial charge in [0.15, 0.2) is 5.38 Å². The minimum Gasteiger partial charge on any atom is -0.310 e. The summed E-state index contributed by atoms with van der Waals surface area (Å²) in [6.07, 6.45) is 0.877. The first kappa shape index (κ1) is 5.45. The van der Waals surface area contributed by atoms with Gasteiger partial charge >= 0.3 is 0 Å². The van der Waals surface area contributed by atoms with Crippen LogP contribution in [0.5, 0.6) is 0 Å². The average Bonchev–Trinajstić information content (AvgIpc) is 1.65. The molecule has 1 atom stereocenters. The fourth-order valence-corrected chi connectivity index (χ4v) is 0.0373. The van der Waals surface area contributed by atoms with E-state index in [-0.39, 0.29) is 0 Å². The normalized spacial score (nSPS) is 12.0. The molecule has 0 aliphatic heterocycles. The molecule has 3 heteroatoms. The molecule has 0 rings (SSSR count). The lowest BCUT2D eigenvalue weighted by atomic mass is 10.5. The molecule has 0 aromatic rings. The quantitative estimate of drug-likeness (QED) is 0.386. The van der Waals surface area contributed by atoms with Crippen LogP contribution in [0.15, 0.2) is 0 Å². The number of alkyl halides is 1. The number of hydrogen-bond acceptors (Lipinski definition) is 2. The lowest BCUT2D eigenvalue weighted by molar-refractivity contribution is 1.39. The zero-order valence-corrected chi connectivity index (χ0v) is 3.74. The van der Waals surface area contributed by atoms with E-state index < -0.39 is 5.38 Å². The van der Waals surface area contributed by atoms with Crippen molar-refractivity contribution in [3.63, 3.8) is 0 Å². The van der Waals surface area contributed by atoms with Gasteiger partial charge in [-0.15, -0.1) is 11.6 Å². The second kappa shape index (κ2) is 2.67. The van der Waals surface area contributed by atoms with Crippen LogP contribution in [-0.2, 0) is 0 Å². The molecule has 32 valence electrons. The van der Waals surface area contributed by atoms with Crippen molar-refractivity contribution in [3.05, 3.63) is 0 Å². The Labute approximate surface area is 40.9 Å². The monoisotopic (exact) mass is 102 g/mol. The van der Waals surface area contributed by atoms with Crippen LogP contribution in [0.25, 0.3) is 0 Å². The van der Waals surface area contributed by atoms with E-state index in [1.165, 1.54) is 0 Å². The Morgan fingerprint density at radius 1 is 2.00 bits per heavy atom. The van der Waals surface area contributed by atoms with Gasteiger partial charge in [-0.25, -0.2) is 0 Å². The minimum absolute atomic E-state index is 0.745. The molecule has 2 nitrogen and oxygen atoms in total. The predicted octanol–water partition coefficient (Wildman–Crippen LogP) is 0.767. The molecule has 1 unspecified atom stereocenters. The van der Waals surface area contributed by atoms with E-state index in [0.717, 1.165) is 6.21 Å². The van der Waals surface area contributed by atoms with Gasteiger partial charge in [-0.3, -0.25) is 0 Å². The molecule has 0 saturated heterocycles. The van der Waals surface area contributed by atoms with Gasteiger partial charge in [0.1, 0.15) is 0 Å². The highest BCUT2D eigenvalue weighted by Gasteiger charge is 1.89. The third-order valence-corrected chi connectivity index (χ3v) is 0.493. The maximum absolute atomic E-state index is 7.80. The fourth-order valence-electron chi connectivity index (χ4n) is 0.0373. The molecule has 0 fully saturated rings. The summed E-state index contributed by atoms with van der Waals surface area (Å²) in [5.41, 5.74) is 0.